The zero-order valence-corrected chi connectivity index (χ0v) is 23.1. The number of rotatable bonds is 8. The zero-order valence-electron chi connectivity index (χ0n) is 21.6. The summed E-state index contributed by atoms with van der Waals surface area (Å²) in [5.74, 6) is -0.425. The number of hydrogen-bond donors (Lipinski definition) is 2. The second kappa shape index (κ2) is 13.0. The number of anilines is 2. The molecular weight excluding hydrogens is 541 g/mol. The lowest BCUT2D eigenvalue weighted by Crippen LogP contribution is -2.32. The maximum absolute atomic E-state index is 13.8. The van der Waals surface area contributed by atoms with Gasteiger partial charge in [0.2, 0.25) is 5.91 Å². The van der Waals surface area contributed by atoms with Crippen molar-refractivity contribution >= 4 is 52.3 Å². The molecule has 1 atom stereocenters. The molecule has 0 saturated heterocycles. The fourth-order valence-electron chi connectivity index (χ4n) is 4.49. The average Bonchev–Trinajstić information content (AvgIpc) is 3.09. The first-order valence-corrected chi connectivity index (χ1v) is 13.3. The van der Waals surface area contributed by atoms with E-state index in [-0.39, 0.29) is 23.8 Å². The van der Waals surface area contributed by atoms with Gasteiger partial charge in [0, 0.05) is 48.0 Å². The highest BCUT2D eigenvalue weighted by Crippen LogP contribution is 2.38. The van der Waals surface area contributed by atoms with E-state index in [1.807, 2.05) is 12.1 Å². The van der Waals surface area contributed by atoms with Gasteiger partial charge in [0.15, 0.2) is 0 Å². The lowest BCUT2D eigenvalue weighted by molar-refractivity contribution is -0.119. The molecule has 39 heavy (non-hydrogen) atoms. The summed E-state index contributed by atoms with van der Waals surface area (Å²) >= 11 is 12.5. The predicted molar refractivity (Wildman–Crippen MR) is 152 cm³/mol. The van der Waals surface area contributed by atoms with E-state index in [9.17, 15) is 14.4 Å². The van der Waals surface area contributed by atoms with E-state index in [0.717, 1.165) is 5.56 Å². The normalized spacial score (nSPS) is 14.7. The van der Waals surface area contributed by atoms with Crippen LogP contribution in [0.25, 0.3) is 0 Å². The predicted octanol–water partition coefficient (Wildman–Crippen LogP) is 5.89. The molecule has 3 amide bonds. The van der Waals surface area contributed by atoms with Gasteiger partial charge in [-0.15, -0.1) is 0 Å². The number of nitrogens with zero attached hydrogens (tertiary/aromatic N) is 1. The van der Waals surface area contributed by atoms with Crippen LogP contribution < -0.4 is 20.3 Å². The Hall–Kier alpha value is -3.59. The minimum Gasteiger partial charge on any atom is -0.496 e. The first-order chi connectivity index (χ1) is 18.8. The minimum absolute atomic E-state index is 0.122. The summed E-state index contributed by atoms with van der Waals surface area (Å²) in [6.07, 6.45) is 1.09. The van der Waals surface area contributed by atoms with E-state index in [4.69, 9.17) is 32.7 Å². The SMILES string of the molecule is COc1cc(NC(=O)c2ccccc2Cl)ccc1C(=O)N1CCCC(OCCNC(C)=O)c2cc(Cl)ccc21. The summed E-state index contributed by atoms with van der Waals surface area (Å²) in [4.78, 5) is 39.4. The molecule has 0 aromatic heterocycles. The van der Waals surface area contributed by atoms with Crippen molar-refractivity contribution in [1.82, 2.24) is 5.32 Å². The van der Waals surface area contributed by atoms with Crippen molar-refractivity contribution < 1.29 is 23.9 Å². The Morgan fingerprint density at radius 3 is 2.56 bits per heavy atom. The van der Waals surface area contributed by atoms with E-state index in [0.29, 0.717) is 70.8 Å². The third-order valence-corrected chi connectivity index (χ3v) is 6.89. The zero-order chi connectivity index (χ0) is 27.9. The number of carbonyl (C=O) groups is 3. The van der Waals surface area contributed by atoms with Gasteiger partial charge in [0.25, 0.3) is 11.8 Å². The molecule has 0 saturated carbocycles. The molecule has 4 rings (SSSR count). The van der Waals surface area contributed by atoms with E-state index in [1.54, 1.807) is 53.4 Å². The first-order valence-electron chi connectivity index (χ1n) is 12.5. The molecule has 0 aliphatic carbocycles. The van der Waals surface area contributed by atoms with Crippen molar-refractivity contribution in [2.45, 2.75) is 25.9 Å². The van der Waals surface area contributed by atoms with Crippen LogP contribution in [0.5, 0.6) is 5.75 Å². The van der Waals surface area contributed by atoms with E-state index < -0.39 is 0 Å². The number of carbonyl (C=O) groups excluding carboxylic acids is 3. The molecule has 8 nitrogen and oxygen atoms in total. The molecule has 2 N–H and O–H groups in total. The van der Waals surface area contributed by atoms with Gasteiger partial charge in [0.1, 0.15) is 5.75 Å². The molecule has 3 aromatic carbocycles. The van der Waals surface area contributed by atoms with Crippen molar-refractivity contribution in [3.05, 3.63) is 87.4 Å². The van der Waals surface area contributed by atoms with Crippen LogP contribution in [-0.2, 0) is 9.53 Å². The van der Waals surface area contributed by atoms with Crippen molar-refractivity contribution in [3.63, 3.8) is 0 Å². The van der Waals surface area contributed by atoms with Crippen molar-refractivity contribution in [3.8, 4) is 5.75 Å². The molecule has 1 aliphatic rings. The highest BCUT2D eigenvalue weighted by molar-refractivity contribution is 6.34. The number of halogens is 2. The second-order valence-corrected chi connectivity index (χ2v) is 9.84. The van der Waals surface area contributed by atoms with Crippen LogP contribution in [0.15, 0.2) is 60.7 Å². The van der Waals surface area contributed by atoms with Gasteiger partial charge >= 0.3 is 0 Å². The topological polar surface area (TPSA) is 97.0 Å². The Balaban J connectivity index is 1.57. The minimum atomic E-state index is -0.371. The lowest BCUT2D eigenvalue weighted by atomic mass is 10.0. The first kappa shape index (κ1) is 28.4. The lowest BCUT2D eigenvalue weighted by Gasteiger charge is -2.25. The molecule has 1 aliphatic heterocycles. The third kappa shape index (κ3) is 6.89. The van der Waals surface area contributed by atoms with Crippen molar-refractivity contribution in [2.75, 3.05) is 37.0 Å². The highest BCUT2D eigenvalue weighted by Gasteiger charge is 2.29. The molecule has 1 unspecified atom stereocenters. The summed E-state index contributed by atoms with van der Waals surface area (Å²) in [5.41, 5.74) is 2.65. The maximum Gasteiger partial charge on any atom is 0.262 e. The van der Waals surface area contributed by atoms with Gasteiger partial charge in [-0.25, -0.2) is 0 Å². The average molecular weight is 570 g/mol. The molecule has 0 spiro atoms. The Labute approximate surface area is 237 Å². The van der Waals surface area contributed by atoms with Gasteiger partial charge < -0.3 is 25.0 Å². The fourth-order valence-corrected chi connectivity index (χ4v) is 4.89. The largest absolute Gasteiger partial charge is 0.496 e. The number of benzene rings is 3. The van der Waals surface area contributed by atoms with Gasteiger partial charge in [-0.3, -0.25) is 14.4 Å². The number of fused-ring (bicyclic) bond motifs is 1. The van der Waals surface area contributed by atoms with E-state index in [2.05, 4.69) is 10.6 Å². The summed E-state index contributed by atoms with van der Waals surface area (Å²) in [6.45, 7) is 2.64. The molecular formula is C29H29Cl2N3O5. The number of nitrogens with one attached hydrogen (secondary N) is 2. The number of hydrogen-bond acceptors (Lipinski definition) is 5. The summed E-state index contributed by atoms with van der Waals surface area (Å²) in [7, 11) is 1.47. The number of amides is 3. The summed E-state index contributed by atoms with van der Waals surface area (Å²) in [6, 6.07) is 17.0. The van der Waals surface area contributed by atoms with Gasteiger partial charge in [-0.1, -0.05) is 35.3 Å². The second-order valence-electron chi connectivity index (χ2n) is 8.99. The van der Waals surface area contributed by atoms with Gasteiger partial charge in [-0.05, 0) is 55.3 Å². The molecule has 0 radical (unpaired) electrons. The number of methoxy groups -OCH3 is 1. The Morgan fingerprint density at radius 1 is 1.03 bits per heavy atom. The van der Waals surface area contributed by atoms with Crippen LogP contribution in [-0.4, -0.2) is 44.5 Å². The molecule has 204 valence electrons. The van der Waals surface area contributed by atoms with Crippen LogP contribution in [0, 0.1) is 0 Å². The Kier molecular flexibility index (Phi) is 9.45. The van der Waals surface area contributed by atoms with Crippen LogP contribution >= 0.6 is 23.2 Å². The standard InChI is InChI=1S/C29H29Cl2N3O5/c1-18(35)32-13-15-39-26-8-5-14-34(25-12-9-19(30)16-23(25)26)29(37)22-11-10-20(17-27(22)38-2)33-28(36)21-6-3-4-7-24(21)31/h3-4,6-7,9-12,16-17,26H,5,8,13-15H2,1-2H3,(H,32,35)(H,33,36). The van der Waals surface area contributed by atoms with Crippen LogP contribution in [0.3, 0.4) is 0 Å². The van der Waals surface area contributed by atoms with Crippen LogP contribution in [0.2, 0.25) is 10.0 Å². The monoisotopic (exact) mass is 569 g/mol. The van der Waals surface area contributed by atoms with Gasteiger partial charge in [-0.2, -0.15) is 0 Å². The smallest absolute Gasteiger partial charge is 0.262 e. The molecule has 0 bridgehead atoms. The fraction of sp³-hybridized carbons (Fsp3) is 0.276. The van der Waals surface area contributed by atoms with Crippen molar-refractivity contribution in [2.24, 2.45) is 0 Å². The van der Waals surface area contributed by atoms with Gasteiger partial charge in [0.05, 0.1) is 36.0 Å². The number of ether oxygens (including phenoxy) is 2. The maximum atomic E-state index is 13.8. The van der Waals surface area contributed by atoms with Crippen LogP contribution in [0.4, 0.5) is 11.4 Å². The molecule has 3 aromatic rings. The molecule has 1 heterocycles. The Morgan fingerprint density at radius 2 is 1.82 bits per heavy atom. The molecule has 0 fully saturated rings. The van der Waals surface area contributed by atoms with E-state index >= 15 is 0 Å². The van der Waals surface area contributed by atoms with E-state index in [1.165, 1.54) is 14.0 Å². The van der Waals surface area contributed by atoms with Crippen molar-refractivity contribution in [1.29, 1.82) is 0 Å². The highest BCUT2D eigenvalue weighted by atomic mass is 35.5. The van der Waals surface area contributed by atoms with Crippen LogP contribution in [0.1, 0.15) is 52.1 Å². The Bertz CT molecular complexity index is 1380. The summed E-state index contributed by atoms with van der Waals surface area (Å²) in [5, 5.41) is 6.40. The summed E-state index contributed by atoms with van der Waals surface area (Å²) < 4.78 is 11.6. The third-order valence-electron chi connectivity index (χ3n) is 6.32. The molecule has 10 heteroatoms. The quantitative estimate of drug-likeness (QED) is 0.330.